The van der Waals surface area contributed by atoms with Crippen molar-refractivity contribution < 1.29 is 9.90 Å². The van der Waals surface area contributed by atoms with Crippen molar-refractivity contribution >= 4 is 35.0 Å². The number of hydrogen-bond donors (Lipinski definition) is 3. The van der Waals surface area contributed by atoms with E-state index in [1.807, 2.05) is 0 Å². The van der Waals surface area contributed by atoms with Gasteiger partial charge in [0.25, 0.3) is 0 Å². The molecule has 1 aliphatic carbocycles. The molecule has 5 nitrogen and oxygen atoms in total. The summed E-state index contributed by atoms with van der Waals surface area (Å²) in [6.45, 7) is 0. The molecule has 2 atom stereocenters. The van der Waals surface area contributed by atoms with E-state index in [-0.39, 0.29) is 12.1 Å². The smallest absolute Gasteiger partial charge is 0.404 e. The number of amides is 1. The van der Waals surface area contributed by atoms with Crippen molar-refractivity contribution in [3.8, 4) is 6.07 Å². The maximum atomic E-state index is 10.9. The van der Waals surface area contributed by atoms with Gasteiger partial charge in [-0.15, -0.1) is 0 Å². The second-order valence-corrected chi connectivity index (χ2v) is 5.83. The van der Waals surface area contributed by atoms with Gasteiger partial charge >= 0.3 is 6.09 Å². The SMILES string of the molecule is N#Cc1cc(Cl)c(Cl)cc1N[C@@H]1CCCC[C@H]1NC(=O)O. The molecule has 1 aromatic rings. The highest BCUT2D eigenvalue weighted by Gasteiger charge is 2.27. The van der Waals surface area contributed by atoms with Crippen LogP contribution in [0.5, 0.6) is 0 Å². The van der Waals surface area contributed by atoms with Gasteiger partial charge < -0.3 is 15.7 Å². The van der Waals surface area contributed by atoms with E-state index in [2.05, 4.69) is 16.7 Å². The lowest BCUT2D eigenvalue weighted by atomic mass is 9.90. The second kappa shape index (κ2) is 6.88. The summed E-state index contributed by atoms with van der Waals surface area (Å²) in [5, 5.41) is 24.5. The van der Waals surface area contributed by atoms with Gasteiger partial charge in [-0.2, -0.15) is 5.26 Å². The number of benzene rings is 1. The minimum Gasteiger partial charge on any atom is -0.465 e. The first-order valence-corrected chi connectivity index (χ1v) is 7.42. The summed E-state index contributed by atoms with van der Waals surface area (Å²) < 4.78 is 0. The van der Waals surface area contributed by atoms with Gasteiger partial charge in [-0.3, -0.25) is 0 Å². The van der Waals surface area contributed by atoms with E-state index in [1.54, 1.807) is 6.07 Å². The molecule has 0 radical (unpaired) electrons. The zero-order chi connectivity index (χ0) is 15.4. The van der Waals surface area contributed by atoms with Crippen LogP contribution in [-0.2, 0) is 0 Å². The van der Waals surface area contributed by atoms with Crippen molar-refractivity contribution in [2.45, 2.75) is 37.8 Å². The molecular formula is C14H15Cl2N3O2. The predicted molar refractivity (Wildman–Crippen MR) is 82.0 cm³/mol. The Kier molecular flexibility index (Phi) is 5.16. The minimum atomic E-state index is -1.04. The van der Waals surface area contributed by atoms with Gasteiger partial charge in [0.2, 0.25) is 0 Å². The Labute approximate surface area is 132 Å². The van der Waals surface area contributed by atoms with Crippen molar-refractivity contribution in [3.63, 3.8) is 0 Å². The van der Waals surface area contributed by atoms with E-state index < -0.39 is 6.09 Å². The maximum absolute atomic E-state index is 10.9. The summed E-state index contributed by atoms with van der Waals surface area (Å²) in [7, 11) is 0. The van der Waals surface area contributed by atoms with Gasteiger partial charge in [0, 0.05) is 6.04 Å². The summed E-state index contributed by atoms with van der Waals surface area (Å²) in [5.41, 5.74) is 0.972. The highest BCUT2D eigenvalue weighted by atomic mass is 35.5. The highest BCUT2D eigenvalue weighted by molar-refractivity contribution is 6.42. The molecule has 0 heterocycles. The largest absolute Gasteiger partial charge is 0.465 e. The molecule has 21 heavy (non-hydrogen) atoms. The van der Waals surface area contributed by atoms with Gasteiger partial charge in [0.05, 0.1) is 27.3 Å². The van der Waals surface area contributed by atoms with Gasteiger partial charge in [0.15, 0.2) is 0 Å². The van der Waals surface area contributed by atoms with E-state index in [0.29, 0.717) is 21.3 Å². The Hall–Kier alpha value is -1.64. The minimum absolute atomic E-state index is 0.0702. The van der Waals surface area contributed by atoms with Crippen LogP contribution in [0, 0.1) is 11.3 Å². The molecule has 1 fully saturated rings. The molecule has 1 aliphatic rings. The van der Waals surface area contributed by atoms with Gasteiger partial charge in [0.1, 0.15) is 6.07 Å². The summed E-state index contributed by atoms with van der Waals surface area (Å²) in [4.78, 5) is 10.9. The molecule has 0 unspecified atom stereocenters. The third-order valence-electron chi connectivity index (χ3n) is 3.60. The van der Waals surface area contributed by atoms with Crippen molar-refractivity contribution in [1.29, 1.82) is 5.26 Å². The topological polar surface area (TPSA) is 85.2 Å². The fourth-order valence-electron chi connectivity index (χ4n) is 2.59. The van der Waals surface area contributed by atoms with E-state index in [4.69, 9.17) is 28.3 Å². The number of nitriles is 1. The molecular weight excluding hydrogens is 313 g/mol. The van der Waals surface area contributed by atoms with E-state index in [0.717, 1.165) is 25.7 Å². The first-order valence-electron chi connectivity index (χ1n) is 6.66. The van der Waals surface area contributed by atoms with Crippen molar-refractivity contribution in [3.05, 3.63) is 27.7 Å². The molecule has 2 rings (SSSR count). The Morgan fingerprint density at radius 2 is 1.86 bits per heavy atom. The molecule has 7 heteroatoms. The van der Waals surface area contributed by atoms with Crippen LogP contribution < -0.4 is 10.6 Å². The average molecular weight is 328 g/mol. The number of carboxylic acid groups (broad SMARTS) is 1. The molecule has 0 bridgehead atoms. The lowest BCUT2D eigenvalue weighted by molar-refractivity contribution is 0.184. The van der Waals surface area contributed by atoms with E-state index in [9.17, 15) is 10.1 Å². The highest BCUT2D eigenvalue weighted by Crippen LogP contribution is 2.31. The average Bonchev–Trinajstić information content (AvgIpc) is 2.44. The number of anilines is 1. The maximum Gasteiger partial charge on any atom is 0.404 e. The number of nitrogens with one attached hydrogen (secondary N) is 2. The molecule has 0 spiro atoms. The third-order valence-corrected chi connectivity index (χ3v) is 4.32. The fourth-order valence-corrected chi connectivity index (χ4v) is 2.92. The number of halogens is 2. The molecule has 1 saturated carbocycles. The molecule has 0 aromatic heterocycles. The number of hydrogen-bond acceptors (Lipinski definition) is 3. The molecule has 0 saturated heterocycles. The lowest BCUT2D eigenvalue weighted by Crippen LogP contribution is -2.48. The van der Waals surface area contributed by atoms with Crippen LogP contribution in [0.2, 0.25) is 10.0 Å². The molecule has 0 aliphatic heterocycles. The molecule has 1 amide bonds. The predicted octanol–water partition coefficient (Wildman–Crippen LogP) is 3.86. The lowest BCUT2D eigenvalue weighted by Gasteiger charge is -2.33. The summed E-state index contributed by atoms with van der Waals surface area (Å²) >= 11 is 11.9. The summed E-state index contributed by atoms with van der Waals surface area (Å²) in [5.74, 6) is 0. The van der Waals surface area contributed by atoms with Crippen molar-refractivity contribution in [2.75, 3.05) is 5.32 Å². The van der Waals surface area contributed by atoms with Crippen LogP contribution in [0.1, 0.15) is 31.2 Å². The van der Waals surface area contributed by atoms with Crippen molar-refractivity contribution in [1.82, 2.24) is 5.32 Å². The van der Waals surface area contributed by atoms with Gasteiger partial charge in [-0.05, 0) is 25.0 Å². The van der Waals surface area contributed by atoms with Crippen LogP contribution in [0.3, 0.4) is 0 Å². The fraction of sp³-hybridized carbons (Fsp3) is 0.429. The van der Waals surface area contributed by atoms with Crippen molar-refractivity contribution in [2.24, 2.45) is 0 Å². The Bertz CT molecular complexity index is 586. The summed E-state index contributed by atoms with van der Waals surface area (Å²) in [6.07, 6.45) is 2.56. The Balaban J connectivity index is 2.21. The standard InChI is InChI=1S/C14H15Cl2N3O2/c15-9-5-8(7-17)13(6-10(9)16)18-11-3-1-2-4-12(11)19-14(20)21/h5-6,11-12,18-19H,1-4H2,(H,20,21)/t11-,12-/m1/s1. The van der Waals surface area contributed by atoms with Crippen LogP contribution in [0.15, 0.2) is 12.1 Å². The molecule has 112 valence electrons. The number of carbonyl (C=O) groups is 1. The van der Waals surface area contributed by atoms with Crippen LogP contribution in [-0.4, -0.2) is 23.3 Å². The number of rotatable bonds is 3. The molecule has 3 N–H and O–H groups in total. The zero-order valence-corrected chi connectivity index (χ0v) is 12.7. The number of nitrogens with zero attached hydrogens (tertiary/aromatic N) is 1. The van der Waals surface area contributed by atoms with E-state index >= 15 is 0 Å². The van der Waals surface area contributed by atoms with Crippen LogP contribution >= 0.6 is 23.2 Å². The molecule has 1 aromatic carbocycles. The quantitative estimate of drug-likeness (QED) is 0.786. The van der Waals surface area contributed by atoms with Crippen LogP contribution in [0.25, 0.3) is 0 Å². The zero-order valence-electron chi connectivity index (χ0n) is 11.2. The first-order chi connectivity index (χ1) is 10.0. The van der Waals surface area contributed by atoms with Gasteiger partial charge in [-0.1, -0.05) is 36.0 Å². The van der Waals surface area contributed by atoms with Gasteiger partial charge in [-0.25, -0.2) is 4.79 Å². The first kappa shape index (κ1) is 15.7. The monoisotopic (exact) mass is 327 g/mol. The Morgan fingerprint density at radius 3 is 2.48 bits per heavy atom. The normalized spacial score (nSPS) is 21.4. The third kappa shape index (κ3) is 3.93. The Morgan fingerprint density at radius 1 is 1.24 bits per heavy atom. The summed E-state index contributed by atoms with van der Waals surface area (Å²) in [6, 6.07) is 4.93. The van der Waals surface area contributed by atoms with E-state index in [1.165, 1.54) is 6.07 Å². The van der Waals surface area contributed by atoms with Crippen LogP contribution in [0.4, 0.5) is 10.5 Å². The second-order valence-electron chi connectivity index (χ2n) is 5.01.